The van der Waals surface area contributed by atoms with Crippen molar-refractivity contribution < 1.29 is 0 Å². The van der Waals surface area contributed by atoms with Crippen molar-refractivity contribution in [1.29, 1.82) is 0 Å². The molecule has 0 aliphatic heterocycles. The van der Waals surface area contributed by atoms with Crippen LogP contribution in [0.2, 0.25) is 0 Å². The van der Waals surface area contributed by atoms with E-state index in [0.29, 0.717) is 11.6 Å². The second-order valence-corrected chi connectivity index (χ2v) is 4.01. The van der Waals surface area contributed by atoms with Crippen LogP contribution in [0.4, 0.5) is 0 Å². The van der Waals surface area contributed by atoms with Crippen LogP contribution in [0.15, 0.2) is 41.2 Å². The van der Waals surface area contributed by atoms with Gasteiger partial charge in [0.05, 0.1) is 0 Å². The third-order valence-electron chi connectivity index (χ3n) is 2.79. The lowest BCUT2D eigenvalue weighted by Gasteiger charge is -1.94. The summed E-state index contributed by atoms with van der Waals surface area (Å²) >= 11 is 0. The SMILES string of the molecule is CC.CCc1cc(=O)n2[nH]c(-c3ccccc3)nc2n1. The zero-order valence-electron chi connectivity index (χ0n) is 11.9. The van der Waals surface area contributed by atoms with Gasteiger partial charge in [-0.2, -0.15) is 9.50 Å². The fraction of sp³-hybridized carbons (Fsp3) is 0.267. The average molecular weight is 270 g/mol. The van der Waals surface area contributed by atoms with Gasteiger partial charge in [-0.15, -0.1) is 0 Å². The van der Waals surface area contributed by atoms with Gasteiger partial charge < -0.3 is 0 Å². The van der Waals surface area contributed by atoms with E-state index in [4.69, 9.17) is 0 Å². The first-order chi connectivity index (χ1) is 9.78. The zero-order chi connectivity index (χ0) is 14.5. The molecule has 0 unspecified atom stereocenters. The molecule has 0 aliphatic carbocycles. The summed E-state index contributed by atoms with van der Waals surface area (Å²) in [4.78, 5) is 20.5. The van der Waals surface area contributed by atoms with Crippen molar-refractivity contribution in [3.05, 3.63) is 52.4 Å². The van der Waals surface area contributed by atoms with Crippen LogP contribution in [-0.4, -0.2) is 19.6 Å². The van der Waals surface area contributed by atoms with E-state index in [1.165, 1.54) is 10.6 Å². The van der Waals surface area contributed by atoms with Gasteiger partial charge >= 0.3 is 0 Å². The minimum Gasteiger partial charge on any atom is -0.271 e. The molecule has 0 radical (unpaired) electrons. The monoisotopic (exact) mass is 270 g/mol. The number of nitrogens with zero attached hydrogens (tertiary/aromatic N) is 3. The number of benzene rings is 1. The van der Waals surface area contributed by atoms with E-state index >= 15 is 0 Å². The summed E-state index contributed by atoms with van der Waals surface area (Å²) in [6, 6.07) is 11.2. The average Bonchev–Trinajstić information content (AvgIpc) is 2.95. The number of nitrogens with one attached hydrogen (secondary N) is 1. The van der Waals surface area contributed by atoms with Gasteiger partial charge in [0, 0.05) is 17.3 Å². The molecule has 3 aromatic rings. The minimum absolute atomic E-state index is 0.133. The lowest BCUT2D eigenvalue weighted by Crippen LogP contribution is -2.15. The number of H-pyrrole nitrogens is 1. The highest BCUT2D eigenvalue weighted by molar-refractivity contribution is 5.56. The molecule has 0 bridgehead atoms. The van der Waals surface area contributed by atoms with Gasteiger partial charge in [0.15, 0.2) is 5.82 Å². The van der Waals surface area contributed by atoms with Gasteiger partial charge in [0.1, 0.15) is 0 Å². The van der Waals surface area contributed by atoms with Crippen LogP contribution in [0.5, 0.6) is 0 Å². The molecule has 0 aliphatic rings. The molecule has 0 amide bonds. The van der Waals surface area contributed by atoms with Crippen LogP contribution < -0.4 is 5.56 Å². The summed E-state index contributed by atoms with van der Waals surface area (Å²) in [6.07, 6.45) is 0.721. The Labute approximate surface area is 117 Å². The molecule has 1 aromatic carbocycles. The van der Waals surface area contributed by atoms with Crippen LogP contribution in [0.3, 0.4) is 0 Å². The topological polar surface area (TPSA) is 63.0 Å². The van der Waals surface area contributed by atoms with Crippen molar-refractivity contribution in [2.45, 2.75) is 27.2 Å². The molecule has 5 nitrogen and oxygen atoms in total. The molecule has 1 N–H and O–H groups in total. The predicted octanol–water partition coefficient (Wildman–Crippen LogP) is 2.67. The molecule has 20 heavy (non-hydrogen) atoms. The lowest BCUT2D eigenvalue weighted by molar-refractivity contribution is 0.877. The molecular formula is C15H18N4O. The van der Waals surface area contributed by atoms with Gasteiger partial charge in [-0.25, -0.2) is 4.98 Å². The first-order valence-electron chi connectivity index (χ1n) is 6.82. The molecule has 5 heteroatoms. The predicted molar refractivity (Wildman–Crippen MR) is 79.8 cm³/mol. The van der Waals surface area contributed by atoms with E-state index in [1.807, 2.05) is 51.1 Å². The molecule has 3 rings (SSSR count). The zero-order valence-corrected chi connectivity index (χ0v) is 11.9. The number of aromatic amines is 1. The van der Waals surface area contributed by atoms with E-state index in [9.17, 15) is 4.79 Å². The summed E-state index contributed by atoms with van der Waals surface area (Å²) in [6.45, 7) is 5.96. The molecule has 0 spiro atoms. The minimum atomic E-state index is -0.133. The second kappa shape index (κ2) is 6.14. The normalized spacial score (nSPS) is 10.2. The third kappa shape index (κ3) is 2.61. The fourth-order valence-electron chi connectivity index (χ4n) is 1.83. The van der Waals surface area contributed by atoms with Crippen LogP contribution in [0.25, 0.3) is 17.2 Å². The fourth-order valence-corrected chi connectivity index (χ4v) is 1.83. The molecule has 104 valence electrons. The number of fused-ring (bicyclic) bond motifs is 1. The highest BCUT2D eigenvalue weighted by Gasteiger charge is 2.08. The van der Waals surface area contributed by atoms with Crippen LogP contribution in [0, 0.1) is 0 Å². The molecule has 0 atom stereocenters. The maximum Gasteiger partial charge on any atom is 0.274 e. The Morgan fingerprint density at radius 3 is 2.50 bits per heavy atom. The summed E-state index contributed by atoms with van der Waals surface area (Å²) in [5, 5.41) is 2.96. The largest absolute Gasteiger partial charge is 0.274 e. The smallest absolute Gasteiger partial charge is 0.271 e. The van der Waals surface area contributed by atoms with Gasteiger partial charge in [-0.05, 0) is 6.42 Å². The van der Waals surface area contributed by atoms with Gasteiger partial charge in [0.2, 0.25) is 0 Å². The van der Waals surface area contributed by atoms with Gasteiger partial charge in [-0.1, -0.05) is 51.1 Å². The van der Waals surface area contributed by atoms with Crippen molar-refractivity contribution in [3.8, 4) is 11.4 Å². The van der Waals surface area contributed by atoms with Gasteiger partial charge in [0.25, 0.3) is 11.3 Å². The lowest BCUT2D eigenvalue weighted by atomic mass is 10.2. The van der Waals surface area contributed by atoms with Crippen molar-refractivity contribution in [1.82, 2.24) is 19.6 Å². The van der Waals surface area contributed by atoms with Crippen molar-refractivity contribution in [3.63, 3.8) is 0 Å². The summed E-state index contributed by atoms with van der Waals surface area (Å²) in [5.74, 6) is 1.06. The van der Waals surface area contributed by atoms with Crippen molar-refractivity contribution >= 4 is 5.78 Å². The Balaban J connectivity index is 0.000000704. The van der Waals surface area contributed by atoms with Crippen LogP contribution in [-0.2, 0) is 6.42 Å². The Kier molecular flexibility index (Phi) is 4.30. The Hall–Kier alpha value is -2.43. The van der Waals surface area contributed by atoms with E-state index in [2.05, 4.69) is 15.1 Å². The maximum absolute atomic E-state index is 11.9. The highest BCUT2D eigenvalue weighted by atomic mass is 16.1. The number of hydrogen-bond acceptors (Lipinski definition) is 3. The van der Waals surface area contributed by atoms with E-state index in [1.54, 1.807) is 0 Å². The summed E-state index contributed by atoms with van der Waals surface area (Å²) in [5.41, 5.74) is 1.55. The Morgan fingerprint density at radius 1 is 1.15 bits per heavy atom. The highest BCUT2D eigenvalue weighted by Crippen LogP contribution is 2.13. The van der Waals surface area contributed by atoms with Crippen molar-refractivity contribution in [2.24, 2.45) is 0 Å². The molecule has 0 fully saturated rings. The Morgan fingerprint density at radius 2 is 1.85 bits per heavy atom. The van der Waals surface area contributed by atoms with E-state index in [0.717, 1.165) is 17.7 Å². The molecular weight excluding hydrogens is 252 g/mol. The maximum atomic E-state index is 11.9. The first-order valence-corrected chi connectivity index (χ1v) is 6.82. The quantitative estimate of drug-likeness (QED) is 0.778. The summed E-state index contributed by atoms with van der Waals surface area (Å²) in [7, 11) is 0. The number of rotatable bonds is 2. The molecule has 0 saturated heterocycles. The van der Waals surface area contributed by atoms with Crippen LogP contribution >= 0.6 is 0 Å². The van der Waals surface area contributed by atoms with E-state index in [-0.39, 0.29) is 5.56 Å². The van der Waals surface area contributed by atoms with Crippen molar-refractivity contribution in [2.75, 3.05) is 0 Å². The second-order valence-electron chi connectivity index (χ2n) is 4.01. The summed E-state index contributed by atoms with van der Waals surface area (Å²) < 4.78 is 1.36. The standard InChI is InChI=1S/C13H12N4O.C2H6/c1-2-10-8-11(18)17-13(14-10)15-12(16-17)9-6-4-3-5-7-9;1-2/h3-8H,2H2,1H3,(H,14,15,16);1-2H3. The Bertz CT molecular complexity index is 743. The number of aromatic nitrogens is 4. The molecule has 2 aromatic heterocycles. The van der Waals surface area contributed by atoms with Gasteiger partial charge in [-0.3, -0.25) is 9.89 Å². The third-order valence-corrected chi connectivity index (χ3v) is 2.79. The first kappa shape index (κ1) is 14.0. The number of hydrogen-bond donors (Lipinski definition) is 1. The van der Waals surface area contributed by atoms with E-state index < -0.39 is 0 Å². The molecule has 2 heterocycles. The number of aryl methyl sites for hydroxylation is 1. The van der Waals surface area contributed by atoms with Crippen LogP contribution in [0.1, 0.15) is 26.5 Å². The molecule has 0 saturated carbocycles.